The Morgan fingerprint density at radius 3 is 2.92 bits per heavy atom. The van der Waals surface area contributed by atoms with Gasteiger partial charge in [0.25, 0.3) is 0 Å². The monoisotopic (exact) mass is 198 g/mol. The molecule has 4 nitrogen and oxygen atoms in total. The maximum absolute atomic E-state index is 5.26. The number of rotatable bonds is 1. The Balaban J connectivity index is 0.000000845. The second-order valence-electron chi connectivity index (χ2n) is 2.70. The van der Waals surface area contributed by atoms with E-state index >= 15 is 0 Å². The fourth-order valence-corrected chi connectivity index (χ4v) is 1.23. The van der Waals surface area contributed by atoms with Crippen molar-refractivity contribution in [1.82, 2.24) is 9.97 Å². The number of aryl methyl sites for hydroxylation is 1. The second-order valence-corrected chi connectivity index (χ2v) is 2.70. The van der Waals surface area contributed by atoms with Gasteiger partial charge in [0.1, 0.15) is 5.82 Å². The second kappa shape index (κ2) is 3.64. The minimum atomic E-state index is 0. The minimum Gasteiger partial charge on any atom is -0.342 e. The first-order valence-corrected chi connectivity index (χ1v) is 3.72. The first kappa shape index (κ1) is 9.83. The van der Waals surface area contributed by atoms with Crippen LogP contribution in [0.5, 0.6) is 0 Å². The molecule has 13 heavy (non-hydrogen) atoms. The molecule has 0 unspecified atom stereocenters. The molecular weight excluding hydrogens is 188 g/mol. The summed E-state index contributed by atoms with van der Waals surface area (Å²) in [7, 11) is 0. The van der Waals surface area contributed by atoms with E-state index in [4.69, 9.17) is 5.84 Å². The number of nitrogens with two attached hydrogens (primary N) is 1. The zero-order valence-electron chi connectivity index (χ0n) is 7.16. The number of imidazole rings is 1. The summed E-state index contributed by atoms with van der Waals surface area (Å²) in [6.45, 7) is 1.93. The fraction of sp³-hybridized carbons (Fsp3) is 0.125. The van der Waals surface area contributed by atoms with Gasteiger partial charge in [-0.05, 0) is 25.1 Å². The average molecular weight is 199 g/mol. The quantitative estimate of drug-likeness (QED) is 0.482. The summed E-state index contributed by atoms with van der Waals surface area (Å²) >= 11 is 0. The van der Waals surface area contributed by atoms with Crippen LogP contribution < -0.4 is 11.3 Å². The van der Waals surface area contributed by atoms with Gasteiger partial charge in [0.05, 0.1) is 16.7 Å². The van der Waals surface area contributed by atoms with E-state index in [0.717, 1.165) is 22.5 Å². The number of benzene rings is 1. The lowest BCUT2D eigenvalue weighted by atomic mass is 10.3. The van der Waals surface area contributed by atoms with Crippen molar-refractivity contribution in [1.29, 1.82) is 0 Å². The summed E-state index contributed by atoms with van der Waals surface area (Å²) < 4.78 is 0. The highest BCUT2D eigenvalue weighted by Gasteiger charge is 1.98. The largest absolute Gasteiger partial charge is 0.342 e. The number of nitrogens with zero attached hydrogens (tertiary/aromatic N) is 1. The number of nitrogen functional groups attached to an aromatic ring is 1. The van der Waals surface area contributed by atoms with Crippen molar-refractivity contribution < 1.29 is 0 Å². The summed E-state index contributed by atoms with van der Waals surface area (Å²) in [5.74, 6) is 6.18. The van der Waals surface area contributed by atoms with Crippen LogP contribution in [0.15, 0.2) is 18.2 Å². The molecule has 0 saturated carbocycles. The van der Waals surface area contributed by atoms with Crippen LogP contribution in [0.25, 0.3) is 11.0 Å². The zero-order chi connectivity index (χ0) is 8.55. The number of aromatic amines is 1. The van der Waals surface area contributed by atoms with E-state index in [0.29, 0.717) is 0 Å². The van der Waals surface area contributed by atoms with Crippen molar-refractivity contribution >= 4 is 29.1 Å². The molecule has 70 valence electrons. The molecule has 1 heterocycles. The predicted molar refractivity (Wildman–Crippen MR) is 55.9 cm³/mol. The van der Waals surface area contributed by atoms with Crippen LogP contribution >= 0.6 is 12.4 Å². The van der Waals surface area contributed by atoms with Crippen molar-refractivity contribution in [3.05, 3.63) is 24.0 Å². The van der Waals surface area contributed by atoms with Gasteiger partial charge in [-0.3, -0.25) is 5.84 Å². The highest BCUT2D eigenvalue weighted by Crippen LogP contribution is 2.15. The number of aromatic nitrogens is 2. The summed E-state index contributed by atoms with van der Waals surface area (Å²) in [6, 6.07) is 5.74. The molecule has 0 aliphatic heterocycles. The van der Waals surface area contributed by atoms with Gasteiger partial charge in [0, 0.05) is 0 Å². The number of nitrogens with one attached hydrogen (secondary N) is 2. The van der Waals surface area contributed by atoms with Gasteiger partial charge in [-0.2, -0.15) is 0 Å². The summed E-state index contributed by atoms with van der Waals surface area (Å²) in [5, 5.41) is 0. The zero-order valence-corrected chi connectivity index (χ0v) is 7.98. The standard InChI is InChI=1S/C8H10N4.ClH/c1-5-10-7-3-2-6(12-9)4-8(7)11-5;/h2-4,12H,9H2,1H3,(H,10,11);1H. The molecule has 0 amide bonds. The third-order valence-corrected chi connectivity index (χ3v) is 1.77. The molecule has 0 saturated heterocycles. The van der Waals surface area contributed by atoms with Gasteiger partial charge in [-0.1, -0.05) is 0 Å². The number of halogens is 1. The van der Waals surface area contributed by atoms with Crippen molar-refractivity contribution in [2.75, 3.05) is 5.43 Å². The van der Waals surface area contributed by atoms with Crippen LogP contribution in [-0.2, 0) is 0 Å². The van der Waals surface area contributed by atoms with E-state index in [1.165, 1.54) is 0 Å². The third kappa shape index (κ3) is 1.74. The smallest absolute Gasteiger partial charge is 0.104 e. The molecular formula is C8H11ClN4. The van der Waals surface area contributed by atoms with Crippen LogP contribution in [0.1, 0.15) is 5.82 Å². The van der Waals surface area contributed by atoms with Crippen molar-refractivity contribution in [2.24, 2.45) is 5.84 Å². The number of anilines is 1. The molecule has 0 spiro atoms. The Morgan fingerprint density at radius 2 is 2.23 bits per heavy atom. The van der Waals surface area contributed by atoms with Crippen molar-refractivity contribution in [3.8, 4) is 0 Å². The van der Waals surface area contributed by atoms with E-state index in [9.17, 15) is 0 Å². The van der Waals surface area contributed by atoms with Crippen LogP contribution in [-0.4, -0.2) is 9.97 Å². The van der Waals surface area contributed by atoms with E-state index in [2.05, 4.69) is 15.4 Å². The maximum atomic E-state index is 5.26. The predicted octanol–water partition coefficient (Wildman–Crippen LogP) is 1.58. The lowest BCUT2D eigenvalue weighted by Gasteiger charge is -1.96. The Bertz CT molecular complexity index is 409. The molecule has 1 aromatic heterocycles. The van der Waals surface area contributed by atoms with Gasteiger partial charge in [-0.25, -0.2) is 4.98 Å². The van der Waals surface area contributed by atoms with Gasteiger partial charge < -0.3 is 10.4 Å². The summed E-state index contributed by atoms with van der Waals surface area (Å²) in [5.41, 5.74) is 5.43. The lowest BCUT2D eigenvalue weighted by molar-refractivity contribution is 1.17. The van der Waals surface area contributed by atoms with Crippen molar-refractivity contribution in [2.45, 2.75) is 6.92 Å². The third-order valence-electron chi connectivity index (χ3n) is 1.77. The highest BCUT2D eigenvalue weighted by molar-refractivity contribution is 5.85. The summed E-state index contributed by atoms with van der Waals surface area (Å²) in [6.07, 6.45) is 0. The van der Waals surface area contributed by atoms with Gasteiger partial charge in [0.15, 0.2) is 0 Å². The molecule has 2 aromatic rings. The number of hydrogen-bond acceptors (Lipinski definition) is 3. The Labute approximate surface area is 81.9 Å². The number of hydrogen-bond donors (Lipinski definition) is 3. The lowest BCUT2D eigenvalue weighted by Crippen LogP contribution is -2.05. The van der Waals surface area contributed by atoms with E-state index < -0.39 is 0 Å². The number of hydrazine groups is 1. The number of fused-ring (bicyclic) bond motifs is 1. The van der Waals surface area contributed by atoms with Crippen LogP contribution in [0.3, 0.4) is 0 Å². The average Bonchev–Trinajstić information content (AvgIpc) is 2.43. The Kier molecular flexibility index (Phi) is 2.75. The topological polar surface area (TPSA) is 66.7 Å². The first-order valence-electron chi connectivity index (χ1n) is 3.72. The van der Waals surface area contributed by atoms with Crippen LogP contribution in [0, 0.1) is 6.92 Å². The molecule has 0 aliphatic carbocycles. The molecule has 2 rings (SSSR count). The molecule has 0 radical (unpaired) electrons. The fourth-order valence-electron chi connectivity index (χ4n) is 1.23. The van der Waals surface area contributed by atoms with Crippen molar-refractivity contribution in [3.63, 3.8) is 0 Å². The van der Waals surface area contributed by atoms with E-state index in [-0.39, 0.29) is 12.4 Å². The molecule has 0 bridgehead atoms. The molecule has 4 N–H and O–H groups in total. The SMILES string of the molecule is Cc1nc2ccc(NN)cc2[nH]1.Cl. The normalized spacial score (nSPS) is 9.69. The van der Waals surface area contributed by atoms with E-state index in [1.54, 1.807) is 0 Å². The maximum Gasteiger partial charge on any atom is 0.104 e. The minimum absolute atomic E-state index is 0. The Hall–Kier alpha value is -1.26. The van der Waals surface area contributed by atoms with Crippen LogP contribution in [0.2, 0.25) is 0 Å². The molecule has 0 fully saturated rings. The molecule has 0 atom stereocenters. The molecule has 1 aromatic carbocycles. The van der Waals surface area contributed by atoms with Gasteiger partial charge in [0.2, 0.25) is 0 Å². The molecule has 0 aliphatic rings. The van der Waals surface area contributed by atoms with Crippen LogP contribution in [0.4, 0.5) is 5.69 Å². The summed E-state index contributed by atoms with van der Waals surface area (Å²) in [4.78, 5) is 7.39. The highest BCUT2D eigenvalue weighted by atomic mass is 35.5. The Morgan fingerprint density at radius 1 is 1.46 bits per heavy atom. The first-order chi connectivity index (χ1) is 5.79. The van der Waals surface area contributed by atoms with Gasteiger partial charge >= 0.3 is 0 Å². The van der Waals surface area contributed by atoms with Gasteiger partial charge in [-0.15, -0.1) is 12.4 Å². The van der Waals surface area contributed by atoms with E-state index in [1.807, 2.05) is 25.1 Å². The number of H-pyrrole nitrogens is 1. The molecule has 5 heteroatoms.